The van der Waals surface area contributed by atoms with Gasteiger partial charge in [-0.3, -0.25) is 0 Å². The average molecular weight is 243 g/mol. The molecule has 0 heterocycles. The minimum absolute atomic E-state index is 0.232. The fraction of sp³-hybridized carbons (Fsp3) is 0.500. The molecule has 0 atom stereocenters. The van der Waals surface area contributed by atoms with Gasteiger partial charge >= 0.3 is 0 Å². The molecule has 4 nitrogen and oxygen atoms in total. The van der Waals surface area contributed by atoms with Gasteiger partial charge in [0.25, 0.3) is 0 Å². The first-order valence-corrected chi connectivity index (χ1v) is 5.42. The number of halogens is 1. The molecule has 0 unspecified atom stereocenters. The van der Waals surface area contributed by atoms with E-state index in [1.54, 1.807) is 19.2 Å². The van der Waals surface area contributed by atoms with Gasteiger partial charge in [-0.15, -0.1) is 0 Å². The zero-order chi connectivity index (χ0) is 12.5. The van der Waals surface area contributed by atoms with Crippen molar-refractivity contribution in [3.63, 3.8) is 0 Å². The van der Waals surface area contributed by atoms with Crippen molar-refractivity contribution in [3.8, 4) is 5.75 Å². The summed E-state index contributed by atoms with van der Waals surface area (Å²) < 4.78 is 28.1. The van der Waals surface area contributed by atoms with Gasteiger partial charge in [0.15, 0.2) is 11.6 Å². The van der Waals surface area contributed by atoms with Crippen LogP contribution in [-0.4, -0.2) is 40.6 Å². The number of rotatable bonds is 8. The van der Waals surface area contributed by atoms with Gasteiger partial charge in [0.1, 0.15) is 0 Å². The number of anilines is 1. The van der Waals surface area contributed by atoms with Gasteiger partial charge in [0.2, 0.25) is 0 Å². The zero-order valence-corrected chi connectivity index (χ0v) is 10.2. The summed E-state index contributed by atoms with van der Waals surface area (Å²) in [5, 5.41) is 3.11. The summed E-state index contributed by atoms with van der Waals surface area (Å²) in [5.41, 5.74) is 0.804. The minimum atomic E-state index is -0.366. The van der Waals surface area contributed by atoms with Crippen molar-refractivity contribution >= 4 is 5.69 Å². The second-order valence-electron chi connectivity index (χ2n) is 3.38. The van der Waals surface area contributed by atoms with E-state index in [9.17, 15) is 4.39 Å². The number of ether oxygens (including phenoxy) is 3. The third kappa shape index (κ3) is 5.01. The maximum atomic E-state index is 13.1. The van der Waals surface area contributed by atoms with Crippen LogP contribution in [0.5, 0.6) is 5.75 Å². The summed E-state index contributed by atoms with van der Waals surface area (Å²) in [4.78, 5) is 0. The first-order chi connectivity index (χ1) is 8.27. The van der Waals surface area contributed by atoms with E-state index in [2.05, 4.69) is 5.32 Å². The summed E-state index contributed by atoms with van der Waals surface area (Å²) >= 11 is 0. The van der Waals surface area contributed by atoms with Gasteiger partial charge in [-0.1, -0.05) is 0 Å². The summed E-state index contributed by atoms with van der Waals surface area (Å²) in [6, 6.07) is 4.64. The van der Waals surface area contributed by atoms with Crippen LogP contribution in [0.1, 0.15) is 0 Å². The fourth-order valence-electron chi connectivity index (χ4n) is 1.28. The van der Waals surface area contributed by atoms with Gasteiger partial charge in [-0.2, -0.15) is 0 Å². The van der Waals surface area contributed by atoms with E-state index in [0.717, 1.165) is 5.69 Å². The van der Waals surface area contributed by atoms with Crippen LogP contribution in [0.4, 0.5) is 10.1 Å². The third-order valence-electron chi connectivity index (χ3n) is 2.16. The third-order valence-corrected chi connectivity index (χ3v) is 2.16. The molecule has 0 fully saturated rings. The number of nitrogens with one attached hydrogen (secondary N) is 1. The predicted octanol–water partition coefficient (Wildman–Crippen LogP) is 1.91. The number of hydrogen-bond donors (Lipinski definition) is 1. The second kappa shape index (κ2) is 7.86. The highest BCUT2D eigenvalue weighted by Crippen LogP contribution is 2.21. The molecule has 0 saturated heterocycles. The van der Waals surface area contributed by atoms with Crippen LogP contribution in [0.25, 0.3) is 0 Å². The number of methoxy groups -OCH3 is 2. The lowest BCUT2D eigenvalue weighted by Gasteiger charge is -2.09. The highest BCUT2D eigenvalue weighted by Gasteiger charge is 2.02. The molecule has 0 aromatic heterocycles. The molecule has 0 spiro atoms. The summed E-state index contributed by atoms with van der Waals surface area (Å²) in [7, 11) is 3.07. The van der Waals surface area contributed by atoms with E-state index >= 15 is 0 Å². The lowest BCUT2D eigenvalue weighted by Crippen LogP contribution is -2.12. The van der Waals surface area contributed by atoms with Crippen molar-refractivity contribution < 1.29 is 18.6 Å². The summed E-state index contributed by atoms with van der Waals surface area (Å²) in [6.45, 7) is 2.39. The van der Waals surface area contributed by atoms with Crippen LogP contribution in [0.15, 0.2) is 18.2 Å². The Kier molecular flexibility index (Phi) is 6.35. The van der Waals surface area contributed by atoms with Crippen LogP contribution < -0.4 is 10.1 Å². The molecule has 0 bridgehead atoms. The molecule has 0 aliphatic heterocycles. The molecule has 0 aliphatic rings. The van der Waals surface area contributed by atoms with Crippen molar-refractivity contribution in [1.29, 1.82) is 0 Å². The Labute approximate surface area is 101 Å². The molecule has 1 N–H and O–H groups in total. The molecule has 0 radical (unpaired) electrons. The van der Waals surface area contributed by atoms with Crippen LogP contribution in [-0.2, 0) is 9.47 Å². The van der Waals surface area contributed by atoms with Gasteiger partial charge in [0, 0.05) is 25.4 Å². The van der Waals surface area contributed by atoms with Crippen LogP contribution in [0.2, 0.25) is 0 Å². The normalized spacial score (nSPS) is 10.3. The molecule has 96 valence electrons. The van der Waals surface area contributed by atoms with Crippen molar-refractivity contribution in [2.24, 2.45) is 0 Å². The molecule has 1 aromatic carbocycles. The van der Waals surface area contributed by atoms with Gasteiger partial charge in [-0.05, 0) is 12.1 Å². The van der Waals surface area contributed by atoms with Gasteiger partial charge in [-0.25, -0.2) is 4.39 Å². The Balaban J connectivity index is 2.27. The second-order valence-corrected chi connectivity index (χ2v) is 3.38. The molecular weight excluding hydrogens is 225 g/mol. The van der Waals surface area contributed by atoms with Crippen molar-refractivity contribution in [2.45, 2.75) is 0 Å². The lowest BCUT2D eigenvalue weighted by atomic mass is 10.3. The van der Waals surface area contributed by atoms with Crippen LogP contribution in [0.3, 0.4) is 0 Å². The van der Waals surface area contributed by atoms with Crippen LogP contribution in [0, 0.1) is 5.82 Å². The molecule has 1 aromatic rings. The largest absolute Gasteiger partial charge is 0.494 e. The Morgan fingerprint density at radius 3 is 2.71 bits per heavy atom. The maximum Gasteiger partial charge on any atom is 0.165 e. The first kappa shape index (κ1) is 13.7. The first-order valence-electron chi connectivity index (χ1n) is 5.42. The zero-order valence-electron chi connectivity index (χ0n) is 10.2. The molecular formula is C12H18FNO3. The Hall–Kier alpha value is -1.33. The SMILES string of the molecule is COCCOCCNc1ccc(F)c(OC)c1. The highest BCUT2D eigenvalue weighted by atomic mass is 19.1. The van der Waals surface area contributed by atoms with Gasteiger partial charge in [0.05, 0.1) is 26.9 Å². The Morgan fingerprint density at radius 1 is 1.18 bits per heavy atom. The average Bonchev–Trinajstić information content (AvgIpc) is 2.35. The molecule has 17 heavy (non-hydrogen) atoms. The molecule has 5 heteroatoms. The van der Waals surface area contributed by atoms with Gasteiger partial charge < -0.3 is 19.5 Å². The number of benzene rings is 1. The summed E-state index contributed by atoms with van der Waals surface area (Å²) in [5.74, 6) is -0.135. The van der Waals surface area contributed by atoms with E-state index in [4.69, 9.17) is 14.2 Å². The van der Waals surface area contributed by atoms with E-state index in [1.165, 1.54) is 13.2 Å². The fourth-order valence-corrected chi connectivity index (χ4v) is 1.28. The monoisotopic (exact) mass is 243 g/mol. The molecule has 0 saturated carbocycles. The van der Waals surface area contributed by atoms with Crippen LogP contribution >= 0.6 is 0 Å². The Bertz CT molecular complexity index is 334. The van der Waals surface area contributed by atoms with E-state index in [0.29, 0.717) is 26.4 Å². The number of hydrogen-bond acceptors (Lipinski definition) is 4. The van der Waals surface area contributed by atoms with Crippen molar-refractivity contribution in [3.05, 3.63) is 24.0 Å². The van der Waals surface area contributed by atoms with E-state index in [1.807, 2.05) is 0 Å². The van der Waals surface area contributed by atoms with E-state index in [-0.39, 0.29) is 11.6 Å². The lowest BCUT2D eigenvalue weighted by molar-refractivity contribution is 0.0759. The van der Waals surface area contributed by atoms with Crippen molar-refractivity contribution in [2.75, 3.05) is 45.9 Å². The predicted molar refractivity (Wildman–Crippen MR) is 64.1 cm³/mol. The summed E-state index contributed by atoms with van der Waals surface area (Å²) in [6.07, 6.45) is 0. The quantitative estimate of drug-likeness (QED) is 0.708. The maximum absolute atomic E-state index is 13.1. The van der Waals surface area contributed by atoms with Crippen molar-refractivity contribution in [1.82, 2.24) is 0 Å². The molecule has 1 rings (SSSR count). The van der Waals surface area contributed by atoms with E-state index < -0.39 is 0 Å². The standard InChI is InChI=1S/C12H18FNO3/c1-15-7-8-17-6-5-14-10-3-4-11(13)12(9-10)16-2/h3-4,9,14H,5-8H2,1-2H3. The highest BCUT2D eigenvalue weighted by molar-refractivity contribution is 5.48. The minimum Gasteiger partial charge on any atom is -0.494 e. The topological polar surface area (TPSA) is 39.7 Å². The Morgan fingerprint density at radius 2 is 2.00 bits per heavy atom. The molecule has 0 aliphatic carbocycles. The molecule has 0 amide bonds. The smallest absolute Gasteiger partial charge is 0.165 e.